The van der Waals surface area contributed by atoms with Crippen LogP contribution in [-0.4, -0.2) is 18.9 Å². The molecule has 26 heavy (non-hydrogen) atoms. The van der Waals surface area contributed by atoms with E-state index >= 15 is 4.39 Å². The highest BCUT2D eigenvalue weighted by atomic mass is 19.1. The second-order valence-corrected chi connectivity index (χ2v) is 9.74. The fraction of sp³-hybridized carbons (Fsp3) is 0.833. The quantitative estimate of drug-likeness (QED) is 0.391. The van der Waals surface area contributed by atoms with Gasteiger partial charge in [0.25, 0.3) is 0 Å². The maximum absolute atomic E-state index is 16.2. The molecule has 2 fully saturated rings. The van der Waals surface area contributed by atoms with Crippen molar-refractivity contribution in [3.05, 3.63) is 23.8 Å². The Kier molecular flexibility index (Phi) is 7.16. The number of unbranched alkanes of at least 4 members (excludes halogenated alkanes) is 1. The Morgan fingerprint density at radius 1 is 1.31 bits per heavy atom. The predicted octanol–water partition coefficient (Wildman–Crippen LogP) is 7.27. The molecule has 0 amide bonds. The van der Waals surface area contributed by atoms with Gasteiger partial charge in [-0.2, -0.15) is 0 Å². The summed E-state index contributed by atoms with van der Waals surface area (Å²) in [5.41, 5.74) is 1.48. The standard InChI is InChI=1S/C24H41FO/c1-8-9-13-23(6)14-12-19(15-18(4)5)21(26-7)22(23)24(25)16-20(24)11-10-17(2)3/h10,19-22H,4,8-9,11-16H2,1-3,5-7H3. The van der Waals surface area contributed by atoms with Crippen molar-refractivity contribution in [1.82, 2.24) is 0 Å². The largest absolute Gasteiger partial charge is 0.381 e. The van der Waals surface area contributed by atoms with Gasteiger partial charge >= 0.3 is 0 Å². The lowest BCUT2D eigenvalue weighted by atomic mass is 9.57. The van der Waals surface area contributed by atoms with E-state index in [4.69, 9.17) is 4.74 Å². The lowest BCUT2D eigenvalue weighted by Crippen LogP contribution is -2.52. The molecule has 6 atom stereocenters. The van der Waals surface area contributed by atoms with Gasteiger partial charge < -0.3 is 4.74 Å². The van der Waals surface area contributed by atoms with Crippen LogP contribution in [0.3, 0.4) is 0 Å². The minimum atomic E-state index is -1.05. The van der Waals surface area contributed by atoms with Crippen molar-refractivity contribution in [2.75, 3.05) is 7.11 Å². The smallest absolute Gasteiger partial charge is 0.120 e. The first kappa shape index (κ1) is 21.7. The third-order valence-corrected chi connectivity index (χ3v) is 7.02. The van der Waals surface area contributed by atoms with Crippen LogP contribution in [-0.2, 0) is 4.74 Å². The van der Waals surface area contributed by atoms with Crippen LogP contribution in [0.25, 0.3) is 0 Å². The summed E-state index contributed by atoms with van der Waals surface area (Å²) in [6, 6.07) is 0. The van der Waals surface area contributed by atoms with E-state index in [1.165, 1.54) is 24.0 Å². The Hall–Kier alpha value is -0.630. The summed E-state index contributed by atoms with van der Waals surface area (Å²) in [5, 5.41) is 0. The normalized spacial score (nSPS) is 39.5. The van der Waals surface area contributed by atoms with Gasteiger partial charge in [-0.1, -0.05) is 43.9 Å². The van der Waals surface area contributed by atoms with E-state index in [-0.39, 0.29) is 23.4 Å². The van der Waals surface area contributed by atoms with Crippen molar-refractivity contribution in [1.29, 1.82) is 0 Å². The Bertz CT molecular complexity index is 520. The zero-order valence-corrected chi connectivity index (χ0v) is 18.0. The number of hydrogen-bond acceptors (Lipinski definition) is 1. The molecule has 0 bridgehead atoms. The van der Waals surface area contributed by atoms with Crippen LogP contribution in [0.15, 0.2) is 23.8 Å². The van der Waals surface area contributed by atoms with Crippen LogP contribution < -0.4 is 0 Å². The number of methoxy groups -OCH3 is 1. The zero-order valence-electron chi connectivity index (χ0n) is 18.0. The minimum absolute atomic E-state index is 0.0141. The summed E-state index contributed by atoms with van der Waals surface area (Å²) in [4.78, 5) is 0. The summed E-state index contributed by atoms with van der Waals surface area (Å²) in [7, 11) is 1.80. The molecule has 0 saturated heterocycles. The van der Waals surface area contributed by atoms with E-state index in [2.05, 4.69) is 47.3 Å². The highest BCUT2D eigenvalue weighted by Gasteiger charge is 2.67. The molecule has 0 heterocycles. The summed E-state index contributed by atoms with van der Waals surface area (Å²) >= 11 is 0. The first-order valence-corrected chi connectivity index (χ1v) is 10.7. The Balaban J connectivity index is 2.29. The number of rotatable bonds is 9. The fourth-order valence-electron chi connectivity index (χ4n) is 5.57. The van der Waals surface area contributed by atoms with Crippen LogP contribution in [0.2, 0.25) is 0 Å². The number of hydrogen-bond donors (Lipinski definition) is 0. The second-order valence-electron chi connectivity index (χ2n) is 9.74. The van der Waals surface area contributed by atoms with Crippen LogP contribution in [0, 0.1) is 23.2 Å². The molecule has 0 aliphatic heterocycles. The highest BCUT2D eigenvalue weighted by molar-refractivity contribution is 5.18. The van der Waals surface area contributed by atoms with Gasteiger partial charge in [0.15, 0.2) is 0 Å². The first-order valence-electron chi connectivity index (χ1n) is 10.7. The average Bonchev–Trinajstić information content (AvgIpc) is 3.23. The monoisotopic (exact) mass is 364 g/mol. The topological polar surface area (TPSA) is 9.23 Å². The molecule has 2 aliphatic carbocycles. The van der Waals surface area contributed by atoms with Crippen LogP contribution >= 0.6 is 0 Å². The molecule has 0 N–H and O–H groups in total. The lowest BCUT2D eigenvalue weighted by molar-refractivity contribution is -0.123. The molecule has 0 aromatic heterocycles. The third-order valence-electron chi connectivity index (χ3n) is 7.02. The molecule has 0 spiro atoms. The number of alkyl halides is 1. The Labute approximate surface area is 161 Å². The maximum Gasteiger partial charge on any atom is 0.120 e. The first-order chi connectivity index (χ1) is 12.2. The minimum Gasteiger partial charge on any atom is -0.381 e. The van der Waals surface area contributed by atoms with Crippen LogP contribution in [0.5, 0.6) is 0 Å². The summed E-state index contributed by atoms with van der Waals surface area (Å²) in [5.74, 6) is 0.597. The van der Waals surface area contributed by atoms with E-state index in [1.807, 2.05) is 0 Å². The van der Waals surface area contributed by atoms with Crippen molar-refractivity contribution in [2.24, 2.45) is 23.2 Å². The van der Waals surface area contributed by atoms with E-state index < -0.39 is 5.67 Å². The number of allylic oxidation sites excluding steroid dienone is 3. The van der Waals surface area contributed by atoms with Crippen molar-refractivity contribution >= 4 is 0 Å². The molecule has 150 valence electrons. The third kappa shape index (κ3) is 4.61. The van der Waals surface area contributed by atoms with Gasteiger partial charge in [-0.3, -0.25) is 0 Å². The number of ether oxygens (including phenoxy) is 1. The van der Waals surface area contributed by atoms with Crippen molar-refractivity contribution in [3.63, 3.8) is 0 Å². The molecule has 1 nitrogen and oxygen atoms in total. The molecule has 2 aliphatic rings. The molecule has 2 rings (SSSR count). The molecular formula is C24H41FO. The molecular weight excluding hydrogens is 323 g/mol. The molecule has 2 heteroatoms. The lowest BCUT2D eigenvalue weighted by Gasteiger charge is -2.51. The molecule has 6 unspecified atom stereocenters. The zero-order chi connectivity index (χ0) is 19.5. The van der Waals surface area contributed by atoms with Crippen molar-refractivity contribution in [2.45, 2.75) is 97.8 Å². The van der Waals surface area contributed by atoms with Gasteiger partial charge in [-0.25, -0.2) is 4.39 Å². The van der Waals surface area contributed by atoms with E-state index in [9.17, 15) is 0 Å². The summed E-state index contributed by atoms with van der Waals surface area (Å²) in [6.07, 6.45) is 10.5. The van der Waals surface area contributed by atoms with Gasteiger partial charge in [0, 0.05) is 13.0 Å². The average molecular weight is 365 g/mol. The SMILES string of the molecule is C=C(C)CC1CCC(C)(CCCC)C(C2(F)CC2CC=C(C)C)C1OC. The Morgan fingerprint density at radius 2 is 2.00 bits per heavy atom. The van der Waals surface area contributed by atoms with Gasteiger partial charge in [0.1, 0.15) is 5.67 Å². The summed E-state index contributed by atoms with van der Waals surface area (Å²) < 4.78 is 22.3. The van der Waals surface area contributed by atoms with Gasteiger partial charge in [-0.15, -0.1) is 6.58 Å². The molecule has 0 radical (unpaired) electrons. The van der Waals surface area contributed by atoms with E-state index in [0.29, 0.717) is 12.3 Å². The van der Waals surface area contributed by atoms with E-state index in [0.717, 1.165) is 32.1 Å². The fourth-order valence-corrected chi connectivity index (χ4v) is 5.57. The van der Waals surface area contributed by atoms with Crippen LogP contribution in [0.4, 0.5) is 4.39 Å². The van der Waals surface area contributed by atoms with Crippen molar-refractivity contribution < 1.29 is 9.13 Å². The summed E-state index contributed by atoms with van der Waals surface area (Å²) in [6.45, 7) is 15.0. The number of halogens is 1. The van der Waals surface area contributed by atoms with Crippen molar-refractivity contribution in [3.8, 4) is 0 Å². The molecule has 2 saturated carbocycles. The predicted molar refractivity (Wildman–Crippen MR) is 110 cm³/mol. The van der Waals surface area contributed by atoms with Gasteiger partial charge in [0.05, 0.1) is 6.10 Å². The van der Waals surface area contributed by atoms with E-state index in [1.54, 1.807) is 7.11 Å². The maximum atomic E-state index is 16.2. The Morgan fingerprint density at radius 3 is 2.54 bits per heavy atom. The second kappa shape index (κ2) is 8.59. The molecule has 0 aromatic rings. The van der Waals surface area contributed by atoms with Gasteiger partial charge in [-0.05, 0) is 76.5 Å². The van der Waals surface area contributed by atoms with Gasteiger partial charge in [0.2, 0.25) is 0 Å². The van der Waals surface area contributed by atoms with Crippen LogP contribution in [0.1, 0.15) is 86.0 Å². The molecule has 0 aromatic carbocycles. The highest BCUT2D eigenvalue weighted by Crippen LogP contribution is 2.65.